The summed E-state index contributed by atoms with van der Waals surface area (Å²) in [6, 6.07) is 10.2. The number of carbonyl (C=O) groups excluding carboxylic acids is 1. The molecule has 0 saturated carbocycles. The molecule has 0 fully saturated rings. The number of halogens is 1. The second-order valence-corrected chi connectivity index (χ2v) is 5.35. The third-order valence-corrected chi connectivity index (χ3v) is 3.57. The first-order chi connectivity index (χ1) is 11.7. The number of amides is 2. The molecule has 6 heteroatoms. The second-order valence-electron chi connectivity index (χ2n) is 5.35. The van der Waals surface area contributed by atoms with Crippen LogP contribution in [0, 0.1) is 5.82 Å². The Hall–Kier alpha value is -2.47. The van der Waals surface area contributed by atoms with E-state index in [-0.39, 0.29) is 11.8 Å². The highest BCUT2D eigenvalue weighted by Crippen LogP contribution is 2.10. The van der Waals surface area contributed by atoms with Gasteiger partial charge in [-0.2, -0.15) is 0 Å². The van der Waals surface area contributed by atoms with Crippen LogP contribution in [0.1, 0.15) is 11.1 Å². The molecule has 0 bridgehead atoms. The molecule has 0 unspecified atom stereocenters. The molecule has 0 aliphatic heterocycles. The van der Waals surface area contributed by atoms with Crippen molar-refractivity contribution in [1.29, 1.82) is 0 Å². The van der Waals surface area contributed by atoms with Gasteiger partial charge < -0.3 is 15.0 Å². The van der Waals surface area contributed by atoms with Crippen LogP contribution in [0.15, 0.2) is 48.8 Å². The van der Waals surface area contributed by atoms with Crippen LogP contribution in [0.3, 0.4) is 0 Å². The Kier molecular flexibility index (Phi) is 7.17. The number of methoxy groups -OCH3 is 1. The van der Waals surface area contributed by atoms with Crippen molar-refractivity contribution < 1.29 is 13.9 Å². The van der Waals surface area contributed by atoms with Gasteiger partial charge in [0.1, 0.15) is 5.82 Å². The van der Waals surface area contributed by atoms with Crippen LogP contribution in [-0.2, 0) is 17.7 Å². The number of hydrogen-bond acceptors (Lipinski definition) is 3. The number of urea groups is 1. The van der Waals surface area contributed by atoms with Gasteiger partial charge in [-0.15, -0.1) is 0 Å². The number of hydrogen-bond donors (Lipinski definition) is 1. The molecule has 1 N–H and O–H groups in total. The average Bonchev–Trinajstić information content (AvgIpc) is 2.61. The zero-order chi connectivity index (χ0) is 17.2. The lowest BCUT2D eigenvalue weighted by molar-refractivity contribution is 0.178. The Morgan fingerprint density at radius 1 is 1.29 bits per heavy atom. The minimum absolute atomic E-state index is 0.202. The van der Waals surface area contributed by atoms with E-state index in [2.05, 4.69) is 10.3 Å². The highest BCUT2D eigenvalue weighted by atomic mass is 19.1. The Labute approximate surface area is 141 Å². The number of carbonyl (C=O) groups is 1. The maximum Gasteiger partial charge on any atom is 0.317 e. The van der Waals surface area contributed by atoms with Crippen molar-refractivity contribution in [1.82, 2.24) is 15.2 Å². The number of rotatable bonds is 8. The molecule has 0 radical (unpaired) electrons. The minimum Gasteiger partial charge on any atom is -0.383 e. The van der Waals surface area contributed by atoms with Crippen molar-refractivity contribution in [2.75, 3.05) is 26.8 Å². The number of benzene rings is 1. The van der Waals surface area contributed by atoms with Gasteiger partial charge in [-0.1, -0.05) is 24.3 Å². The third kappa shape index (κ3) is 5.62. The number of ether oxygens (including phenoxy) is 1. The van der Waals surface area contributed by atoms with Crippen molar-refractivity contribution in [3.05, 3.63) is 65.7 Å². The summed E-state index contributed by atoms with van der Waals surface area (Å²) in [6.07, 6.45) is 3.86. The smallest absolute Gasteiger partial charge is 0.317 e. The average molecular weight is 331 g/mol. The topological polar surface area (TPSA) is 54.5 Å². The van der Waals surface area contributed by atoms with Crippen LogP contribution in [0.4, 0.5) is 9.18 Å². The van der Waals surface area contributed by atoms with Crippen LogP contribution < -0.4 is 5.32 Å². The van der Waals surface area contributed by atoms with Crippen molar-refractivity contribution >= 4 is 6.03 Å². The van der Waals surface area contributed by atoms with Gasteiger partial charge in [-0.3, -0.25) is 4.98 Å². The summed E-state index contributed by atoms with van der Waals surface area (Å²) in [4.78, 5) is 18.1. The van der Waals surface area contributed by atoms with Crippen molar-refractivity contribution in [2.24, 2.45) is 0 Å². The largest absolute Gasteiger partial charge is 0.383 e. The summed E-state index contributed by atoms with van der Waals surface area (Å²) < 4.78 is 18.7. The van der Waals surface area contributed by atoms with E-state index in [4.69, 9.17) is 4.74 Å². The number of nitrogens with zero attached hydrogens (tertiary/aromatic N) is 2. The van der Waals surface area contributed by atoms with E-state index < -0.39 is 0 Å². The van der Waals surface area contributed by atoms with E-state index in [1.807, 2.05) is 12.1 Å². The van der Waals surface area contributed by atoms with Crippen molar-refractivity contribution in [3.8, 4) is 0 Å². The lowest BCUT2D eigenvalue weighted by Gasteiger charge is -2.23. The monoisotopic (exact) mass is 331 g/mol. The van der Waals surface area contributed by atoms with E-state index >= 15 is 0 Å². The molecule has 24 heavy (non-hydrogen) atoms. The Morgan fingerprint density at radius 3 is 2.83 bits per heavy atom. The molecule has 1 heterocycles. The van der Waals surface area contributed by atoms with Crippen molar-refractivity contribution in [2.45, 2.75) is 13.0 Å². The van der Waals surface area contributed by atoms with Crippen molar-refractivity contribution in [3.63, 3.8) is 0 Å². The summed E-state index contributed by atoms with van der Waals surface area (Å²) in [5, 5.41) is 2.80. The Balaban J connectivity index is 2.01. The maximum atomic E-state index is 13.8. The van der Waals surface area contributed by atoms with Gasteiger partial charge in [0.2, 0.25) is 0 Å². The van der Waals surface area contributed by atoms with Gasteiger partial charge in [0, 0.05) is 39.1 Å². The van der Waals surface area contributed by atoms with Crippen LogP contribution in [-0.4, -0.2) is 42.7 Å². The lowest BCUT2D eigenvalue weighted by Crippen LogP contribution is -2.41. The van der Waals surface area contributed by atoms with Crippen LogP contribution in [0.25, 0.3) is 0 Å². The lowest BCUT2D eigenvalue weighted by atomic mass is 10.1. The molecule has 0 aliphatic rings. The second kappa shape index (κ2) is 9.62. The fourth-order valence-corrected chi connectivity index (χ4v) is 2.29. The molecule has 1 aromatic carbocycles. The number of pyridine rings is 1. The van der Waals surface area contributed by atoms with Gasteiger partial charge in [-0.05, 0) is 29.7 Å². The molecule has 2 rings (SSSR count). The first-order valence-electron chi connectivity index (χ1n) is 7.84. The maximum absolute atomic E-state index is 13.8. The fourth-order valence-electron chi connectivity index (χ4n) is 2.29. The molecule has 0 saturated heterocycles. The number of nitrogens with one attached hydrogen (secondary N) is 1. The zero-order valence-electron chi connectivity index (χ0n) is 13.7. The molecule has 2 aromatic rings. The molecule has 0 atom stereocenters. The van der Waals surface area contributed by atoms with Crippen LogP contribution in [0.5, 0.6) is 0 Å². The molecule has 0 aliphatic carbocycles. The standard InChI is InChI=1S/C18H22FN3O2/c1-24-12-10-21-18(23)22(14-15-5-4-9-20-13-15)11-8-16-6-2-3-7-17(16)19/h2-7,9,13H,8,10-12,14H2,1H3,(H,21,23). The summed E-state index contributed by atoms with van der Waals surface area (Å²) in [5.41, 5.74) is 1.52. The van der Waals surface area contributed by atoms with E-state index in [9.17, 15) is 9.18 Å². The fraction of sp³-hybridized carbons (Fsp3) is 0.333. The molecule has 5 nitrogen and oxygen atoms in total. The molecular formula is C18H22FN3O2. The van der Waals surface area contributed by atoms with Crippen LogP contribution in [0.2, 0.25) is 0 Å². The highest BCUT2D eigenvalue weighted by molar-refractivity contribution is 5.74. The molecule has 128 valence electrons. The summed E-state index contributed by atoms with van der Waals surface area (Å²) in [6.45, 7) is 1.70. The molecule has 0 spiro atoms. The van der Waals surface area contributed by atoms with Gasteiger partial charge in [0.25, 0.3) is 0 Å². The first-order valence-corrected chi connectivity index (χ1v) is 7.84. The van der Waals surface area contributed by atoms with E-state index in [1.165, 1.54) is 6.07 Å². The zero-order valence-corrected chi connectivity index (χ0v) is 13.7. The molecular weight excluding hydrogens is 309 g/mol. The van der Waals surface area contributed by atoms with Gasteiger partial charge in [0.15, 0.2) is 0 Å². The van der Waals surface area contributed by atoms with E-state index in [0.717, 1.165) is 5.56 Å². The van der Waals surface area contributed by atoms with Crippen LogP contribution >= 0.6 is 0 Å². The Bertz CT molecular complexity index is 637. The predicted octanol–water partition coefficient (Wildman–Crippen LogP) is 2.62. The summed E-state index contributed by atoms with van der Waals surface area (Å²) in [5.74, 6) is -0.251. The quantitative estimate of drug-likeness (QED) is 0.757. The minimum atomic E-state index is -0.251. The molecule has 1 aromatic heterocycles. The van der Waals surface area contributed by atoms with Gasteiger partial charge in [-0.25, -0.2) is 9.18 Å². The highest BCUT2D eigenvalue weighted by Gasteiger charge is 2.14. The normalized spacial score (nSPS) is 10.4. The third-order valence-electron chi connectivity index (χ3n) is 3.57. The SMILES string of the molecule is COCCNC(=O)N(CCc1ccccc1F)Cc1cccnc1. The van der Waals surface area contributed by atoms with Gasteiger partial charge >= 0.3 is 6.03 Å². The number of aromatic nitrogens is 1. The first kappa shape index (κ1) is 17.9. The predicted molar refractivity (Wildman–Crippen MR) is 90.0 cm³/mol. The molecule has 2 amide bonds. The summed E-state index contributed by atoms with van der Waals surface area (Å²) in [7, 11) is 1.58. The van der Waals surface area contributed by atoms with Gasteiger partial charge in [0.05, 0.1) is 6.61 Å². The Morgan fingerprint density at radius 2 is 2.12 bits per heavy atom. The summed E-state index contributed by atoms with van der Waals surface area (Å²) >= 11 is 0. The van der Waals surface area contributed by atoms with E-state index in [0.29, 0.717) is 38.2 Å². The van der Waals surface area contributed by atoms with E-state index in [1.54, 1.807) is 42.6 Å².